The lowest BCUT2D eigenvalue weighted by atomic mass is 9.96. The van der Waals surface area contributed by atoms with E-state index < -0.39 is 12.6 Å². The average Bonchev–Trinajstić information content (AvgIpc) is 2.75. The van der Waals surface area contributed by atoms with Gasteiger partial charge in [0.25, 0.3) is 0 Å². The molecule has 1 saturated carbocycles. The van der Waals surface area contributed by atoms with Gasteiger partial charge in [-0.3, -0.25) is 0 Å². The SMILES string of the molecule is Cc1cccc(OC(F)F)c1NC(=O)NC1CCCCCC1CO. The van der Waals surface area contributed by atoms with Crippen LogP contribution in [0.1, 0.15) is 37.7 Å². The van der Waals surface area contributed by atoms with Crippen molar-refractivity contribution in [2.24, 2.45) is 5.92 Å². The summed E-state index contributed by atoms with van der Waals surface area (Å²) in [7, 11) is 0. The number of rotatable bonds is 5. The van der Waals surface area contributed by atoms with Crippen LogP contribution in [0.3, 0.4) is 0 Å². The summed E-state index contributed by atoms with van der Waals surface area (Å²) in [6, 6.07) is 4.07. The van der Waals surface area contributed by atoms with E-state index in [1.54, 1.807) is 19.1 Å². The molecule has 0 bridgehead atoms. The topological polar surface area (TPSA) is 70.6 Å². The number of aliphatic hydroxyl groups excluding tert-OH is 1. The highest BCUT2D eigenvalue weighted by atomic mass is 19.3. The Balaban J connectivity index is 2.06. The highest BCUT2D eigenvalue weighted by molar-refractivity contribution is 5.92. The number of nitrogens with one attached hydrogen (secondary N) is 2. The summed E-state index contributed by atoms with van der Waals surface area (Å²) >= 11 is 0. The molecule has 0 aliphatic heterocycles. The van der Waals surface area contributed by atoms with Gasteiger partial charge in [-0.2, -0.15) is 8.78 Å². The molecule has 2 rings (SSSR count). The van der Waals surface area contributed by atoms with Crippen molar-refractivity contribution < 1.29 is 23.4 Å². The quantitative estimate of drug-likeness (QED) is 0.715. The minimum absolute atomic E-state index is 0.0203. The van der Waals surface area contributed by atoms with Gasteiger partial charge in [0.1, 0.15) is 5.75 Å². The van der Waals surface area contributed by atoms with Gasteiger partial charge in [0.15, 0.2) is 0 Å². The first-order valence-electron chi connectivity index (χ1n) is 8.24. The molecule has 0 saturated heterocycles. The van der Waals surface area contributed by atoms with Gasteiger partial charge in [-0.1, -0.05) is 31.4 Å². The fourth-order valence-electron chi connectivity index (χ4n) is 3.11. The van der Waals surface area contributed by atoms with E-state index in [-0.39, 0.29) is 30.0 Å². The number of amides is 2. The maximum atomic E-state index is 12.5. The van der Waals surface area contributed by atoms with Crippen LogP contribution >= 0.6 is 0 Å². The Hall–Kier alpha value is -1.89. The number of alkyl halides is 2. The van der Waals surface area contributed by atoms with E-state index in [1.165, 1.54) is 6.07 Å². The highest BCUT2D eigenvalue weighted by Gasteiger charge is 2.25. The van der Waals surface area contributed by atoms with Crippen molar-refractivity contribution in [2.75, 3.05) is 11.9 Å². The van der Waals surface area contributed by atoms with E-state index in [0.29, 0.717) is 5.56 Å². The lowest BCUT2D eigenvalue weighted by Gasteiger charge is -2.25. The molecule has 134 valence electrons. The summed E-state index contributed by atoms with van der Waals surface area (Å²) in [6.45, 7) is -1.23. The number of para-hydroxylation sites is 1. The number of hydrogen-bond donors (Lipinski definition) is 3. The smallest absolute Gasteiger partial charge is 0.387 e. The molecule has 0 heterocycles. The Morgan fingerprint density at radius 3 is 2.79 bits per heavy atom. The number of halogens is 2. The van der Waals surface area contributed by atoms with Crippen LogP contribution in [-0.2, 0) is 0 Å². The second kappa shape index (κ2) is 8.82. The molecule has 2 amide bonds. The van der Waals surface area contributed by atoms with Gasteiger partial charge in [0.2, 0.25) is 0 Å². The molecular weight excluding hydrogens is 318 g/mol. The monoisotopic (exact) mass is 342 g/mol. The van der Waals surface area contributed by atoms with E-state index in [1.807, 2.05) is 0 Å². The van der Waals surface area contributed by atoms with Crippen molar-refractivity contribution in [3.63, 3.8) is 0 Å². The van der Waals surface area contributed by atoms with Crippen molar-refractivity contribution in [3.05, 3.63) is 23.8 Å². The number of hydrogen-bond acceptors (Lipinski definition) is 3. The van der Waals surface area contributed by atoms with Gasteiger partial charge in [-0.05, 0) is 31.4 Å². The molecule has 1 aromatic carbocycles. The van der Waals surface area contributed by atoms with Crippen molar-refractivity contribution >= 4 is 11.7 Å². The summed E-state index contributed by atoms with van der Waals surface area (Å²) in [5.41, 5.74) is 0.854. The molecule has 7 heteroatoms. The summed E-state index contributed by atoms with van der Waals surface area (Å²) in [4.78, 5) is 12.3. The fourth-order valence-corrected chi connectivity index (χ4v) is 3.11. The summed E-state index contributed by atoms with van der Waals surface area (Å²) in [5.74, 6) is -0.0494. The fraction of sp³-hybridized carbons (Fsp3) is 0.588. The molecule has 2 atom stereocenters. The van der Waals surface area contributed by atoms with Crippen molar-refractivity contribution in [3.8, 4) is 5.75 Å². The normalized spacial score (nSPS) is 21.2. The van der Waals surface area contributed by atoms with Crippen LogP contribution in [0.4, 0.5) is 19.3 Å². The third-order valence-corrected chi connectivity index (χ3v) is 4.40. The van der Waals surface area contributed by atoms with Crippen LogP contribution in [0.25, 0.3) is 0 Å². The van der Waals surface area contributed by atoms with Gasteiger partial charge in [0.05, 0.1) is 5.69 Å². The van der Waals surface area contributed by atoms with Gasteiger partial charge in [-0.15, -0.1) is 0 Å². The van der Waals surface area contributed by atoms with Crippen LogP contribution in [0.5, 0.6) is 5.75 Å². The predicted octanol–water partition coefficient (Wildman–Crippen LogP) is 3.66. The van der Waals surface area contributed by atoms with Crippen molar-refractivity contribution in [2.45, 2.75) is 51.7 Å². The zero-order chi connectivity index (χ0) is 17.5. The van der Waals surface area contributed by atoms with E-state index >= 15 is 0 Å². The molecular formula is C17H24F2N2O3. The van der Waals surface area contributed by atoms with Gasteiger partial charge < -0.3 is 20.5 Å². The third kappa shape index (κ3) is 5.06. The first-order valence-corrected chi connectivity index (χ1v) is 8.24. The molecule has 24 heavy (non-hydrogen) atoms. The summed E-state index contributed by atoms with van der Waals surface area (Å²) in [6.07, 6.45) is 4.78. The maximum absolute atomic E-state index is 12.5. The zero-order valence-electron chi connectivity index (χ0n) is 13.7. The predicted molar refractivity (Wildman–Crippen MR) is 87.4 cm³/mol. The second-order valence-electron chi connectivity index (χ2n) is 6.11. The summed E-state index contributed by atoms with van der Waals surface area (Å²) in [5, 5.41) is 15.0. The van der Waals surface area contributed by atoms with E-state index in [0.717, 1.165) is 32.1 Å². The number of benzene rings is 1. The van der Waals surface area contributed by atoms with Gasteiger partial charge >= 0.3 is 12.6 Å². The van der Waals surface area contributed by atoms with E-state index in [9.17, 15) is 18.7 Å². The number of urea groups is 1. The van der Waals surface area contributed by atoms with Crippen LogP contribution in [0.2, 0.25) is 0 Å². The summed E-state index contributed by atoms with van der Waals surface area (Å²) < 4.78 is 29.5. The number of carbonyl (C=O) groups excluding carboxylic acids is 1. The average molecular weight is 342 g/mol. The molecule has 1 aliphatic rings. The minimum Gasteiger partial charge on any atom is -0.433 e. The van der Waals surface area contributed by atoms with Crippen LogP contribution in [0.15, 0.2) is 18.2 Å². The molecule has 2 unspecified atom stereocenters. The Bertz CT molecular complexity index is 555. The first kappa shape index (κ1) is 18.4. The molecule has 0 spiro atoms. The Morgan fingerprint density at radius 1 is 1.33 bits per heavy atom. The second-order valence-corrected chi connectivity index (χ2v) is 6.11. The Labute approximate surface area is 140 Å². The van der Waals surface area contributed by atoms with Crippen molar-refractivity contribution in [1.29, 1.82) is 0 Å². The van der Waals surface area contributed by atoms with Crippen LogP contribution in [0, 0.1) is 12.8 Å². The van der Waals surface area contributed by atoms with E-state index in [2.05, 4.69) is 15.4 Å². The number of anilines is 1. The number of aryl methyl sites for hydroxylation is 1. The standard InChI is InChI=1S/C17H24F2N2O3/c1-11-6-5-9-14(24-16(18)19)15(11)21-17(23)20-13-8-4-2-3-7-12(13)10-22/h5-6,9,12-13,16,22H,2-4,7-8,10H2,1H3,(H2,20,21,23). The highest BCUT2D eigenvalue weighted by Crippen LogP contribution is 2.29. The minimum atomic E-state index is -2.96. The third-order valence-electron chi connectivity index (χ3n) is 4.40. The largest absolute Gasteiger partial charge is 0.433 e. The van der Waals surface area contributed by atoms with Gasteiger partial charge in [-0.25, -0.2) is 4.79 Å². The molecule has 1 fully saturated rings. The number of carbonyl (C=O) groups is 1. The molecule has 3 N–H and O–H groups in total. The van der Waals surface area contributed by atoms with E-state index in [4.69, 9.17) is 0 Å². The lowest BCUT2D eigenvalue weighted by Crippen LogP contribution is -2.43. The molecule has 1 aromatic rings. The molecule has 0 radical (unpaired) electrons. The number of ether oxygens (including phenoxy) is 1. The lowest BCUT2D eigenvalue weighted by molar-refractivity contribution is -0.0493. The molecule has 1 aliphatic carbocycles. The first-order chi connectivity index (χ1) is 11.5. The van der Waals surface area contributed by atoms with Crippen LogP contribution < -0.4 is 15.4 Å². The van der Waals surface area contributed by atoms with Crippen molar-refractivity contribution in [1.82, 2.24) is 5.32 Å². The maximum Gasteiger partial charge on any atom is 0.387 e. The molecule has 0 aromatic heterocycles. The number of aliphatic hydroxyl groups is 1. The molecule has 5 nitrogen and oxygen atoms in total. The van der Waals surface area contributed by atoms with Crippen LogP contribution in [-0.4, -0.2) is 30.4 Å². The Kier molecular flexibility index (Phi) is 6.78. The zero-order valence-corrected chi connectivity index (χ0v) is 13.7. The Morgan fingerprint density at radius 2 is 2.08 bits per heavy atom. The van der Waals surface area contributed by atoms with Gasteiger partial charge in [0, 0.05) is 18.6 Å².